The average Bonchev–Trinajstić information content (AvgIpc) is 2.65. The number of likely N-dealkylation sites (tertiary alicyclic amines) is 1. The number of imide groups is 1. The van der Waals surface area contributed by atoms with Gasteiger partial charge in [0.05, 0.1) is 11.7 Å². The fourth-order valence-corrected chi connectivity index (χ4v) is 2.82. The minimum absolute atomic E-state index is 0.0982. The van der Waals surface area contributed by atoms with E-state index in [0.717, 1.165) is 10.7 Å². The molecule has 1 fully saturated rings. The Balaban J connectivity index is 1.94. The molecule has 0 spiro atoms. The van der Waals surface area contributed by atoms with Crippen molar-refractivity contribution >= 4 is 23.2 Å². The molecule has 18 heavy (non-hydrogen) atoms. The van der Waals surface area contributed by atoms with Crippen molar-refractivity contribution in [3.8, 4) is 0 Å². The van der Waals surface area contributed by atoms with E-state index < -0.39 is 0 Å². The Morgan fingerprint density at radius 2 is 2.17 bits per heavy atom. The first-order valence-corrected chi connectivity index (χ1v) is 6.77. The quantitative estimate of drug-likeness (QED) is 0.830. The summed E-state index contributed by atoms with van der Waals surface area (Å²) in [7, 11) is 1.54. The normalized spacial score (nSPS) is 20.6. The van der Waals surface area contributed by atoms with Crippen LogP contribution in [0.1, 0.15) is 28.4 Å². The van der Waals surface area contributed by atoms with Crippen LogP contribution in [0.2, 0.25) is 0 Å². The maximum absolute atomic E-state index is 11.9. The topological polar surface area (TPSA) is 62.3 Å². The molecule has 1 aromatic rings. The summed E-state index contributed by atoms with van der Waals surface area (Å²) in [6, 6.07) is -0.266. The average molecular weight is 267 g/mol. The molecule has 98 valence electrons. The van der Waals surface area contributed by atoms with Gasteiger partial charge in [0.15, 0.2) is 0 Å². The Kier molecular flexibility index (Phi) is 3.77. The lowest BCUT2D eigenvalue weighted by Gasteiger charge is -2.28. The van der Waals surface area contributed by atoms with Crippen LogP contribution >= 0.6 is 11.3 Å². The molecule has 0 aromatic carbocycles. The summed E-state index contributed by atoms with van der Waals surface area (Å²) in [5.74, 6) is -0.241. The molecule has 1 N–H and O–H groups in total. The van der Waals surface area contributed by atoms with Crippen molar-refractivity contribution in [3.63, 3.8) is 0 Å². The number of nitrogens with zero attached hydrogens (tertiary/aromatic N) is 2. The summed E-state index contributed by atoms with van der Waals surface area (Å²) in [6.45, 7) is 4.60. The fourth-order valence-electron chi connectivity index (χ4n) is 1.93. The highest BCUT2D eigenvalue weighted by Crippen LogP contribution is 2.17. The van der Waals surface area contributed by atoms with E-state index in [0.29, 0.717) is 19.4 Å². The molecule has 0 aliphatic carbocycles. The second-order valence-corrected chi connectivity index (χ2v) is 5.80. The summed E-state index contributed by atoms with van der Waals surface area (Å²) in [5.41, 5.74) is 1.04. The van der Waals surface area contributed by atoms with Crippen LogP contribution in [0.3, 0.4) is 0 Å². The Hall–Kier alpha value is -1.27. The van der Waals surface area contributed by atoms with Crippen molar-refractivity contribution in [2.75, 3.05) is 7.05 Å². The largest absolute Gasteiger partial charge is 0.299 e. The van der Waals surface area contributed by atoms with Crippen molar-refractivity contribution < 1.29 is 9.59 Å². The van der Waals surface area contributed by atoms with Crippen LogP contribution in [-0.4, -0.2) is 34.8 Å². The smallest absolute Gasteiger partial charge is 0.246 e. The van der Waals surface area contributed by atoms with E-state index in [1.165, 1.54) is 16.8 Å². The number of rotatable bonds is 3. The first kappa shape index (κ1) is 13.2. The van der Waals surface area contributed by atoms with Gasteiger partial charge < -0.3 is 0 Å². The molecule has 0 saturated carbocycles. The first-order chi connectivity index (χ1) is 8.49. The summed E-state index contributed by atoms with van der Waals surface area (Å²) in [5, 5.41) is 4.17. The van der Waals surface area contributed by atoms with Gasteiger partial charge in [-0.25, -0.2) is 4.98 Å². The van der Waals surface area contributed by atoms with E-state index in [1.807, 2.05) is 13.8 Å². The molecule has 2 rings (SSSR count). The molecule has 0 bridgehead atoms. The Morgan fingerprint density at radius 3 is 2.78 bits per heavy atom. The van der Waals surface area contributed by atoms with Gasteiger partial charge in [-0.3, -0.25) is 19.8 Å². The zero-order valence-corrected chi connectivity index (χ0v) is 11.6. The molecule has 6 heteroatoms. The molecule has 2 amide bonds. The van der Waals surface area contributed by atoms with Gasteiger partial charge in [0.1, 0.15) is 5.01 Å². The highest BCUT2D eigenvalue weighted by atomic mass is 32.1. The number of amides is 2. The van der Waals surface area contributed by atoms with Crippen molar-refractivity contribution in [1.29, 1.82) is 0 Å². The number of thiazole rings is 1. The highest BCUT2D eigenvalue weighted by molar-refractivity contribution is 7.11. The van der Waals surface area contributed by atoms with Crippen LogP contribution in [0.4, 0.5) is 0 Å². The van der Waals surface area contributed by atoms with Crippen molar-refractivity contribution in [1.82, 2.24) is 15.2 Å². The SMILES string of the molecule is Cc1nc(CNC2CCC(=O)N(C)C2=O)sc1C. The van der Waals surface area contributed by atoms with E-state index >= 15 is 0 Å². The number of piperidine rings is 1. The Labute approximate surface area is 110 Å². The summed E-state index contributed by atoms with van der Waals surface area (Å²) in [6.07, 6.45) is 1.00. The third-order valence-electron chi connectivity index (χ3n) is 3.22. The van der Waals surface area contributed by atoms with Crippen LogP contribution < -0.4 is 5.32 Å². The number of carbonyl (C=O) groups is 2. The van der Waals surface area contributed by atoms with E-state index in [1.54, 1.807) is 11.3 Å². The zero-order chi connectivity index (χ0) is 13.3. The molecule has 2 heterocycles. The Bertz CT molecular complexity index is 464. The van der Waals surface area contributed by atoms with Crippen LogP contribution in [0.5, 0.6) is 0 Å². The lowest BCUT2D eigenvalue weighted by Crippen LogP contribution is -2.51. The molecule has 1 aliphatic heterocycles. The molecular weight excluding hydrogens is 250 g/mol. The van der Waals surface area contributed by atoms with Gasteiger partial charge in [-0.05, 0) is 20.3 Å². The number of hydrogen-bond acceptors (Lipinski definition) is 5. The van der Waals surface area contributed by atoms with Crippen molar-refractivity contribution in [3.05, 3.63) is 15.6 Å². The number of hydrogen-bond donors (Lipinski definition) is 1. The predicted molar refractivity (Wildman–Crippen MR) is 69.2 cm³/mol. The second-order valence-electron chi connectivity index (χ2n) is 4.51. The number of aryl methyl sites for hydroxylation is 2. The minimum Gasteiger partial charge on any atom is -0.299 e. The predicted octanol–water partition coefficient (Wildman–Crippen LogP) is 0.997. The molecular formula is C12H17N3O2S. The monoisotopic (exact) mass is 267 g/mol. The fraction of sp³-hybridized carbons (Fsp3) is 0.583. The number of likely N-dealkylation sites (N-methyl/N-ethyl adjacent to an activating group) is 1. The van der Waals surface area contributed by atoms with Gasteiger partial charge in [-0.15, -0.1) is 11.3 Å². The third-order valence-corrected chi connectivity index (χ3v) is 4.30. The van der Waals surface area contributed by atoms with E-state index in [9.17, 15) is 9.59 Å². The van der Waals surface area contributed by atoms with Gasteiger partial charge in [0, 0.05) is 24.9 Å². The molecule has 5 nitrogen and oxygen atoms in total. The van der Waals surface area contributed by atoms with Gasteiger partial charge >= 0.3 is 0 Å². The molecule has 1 aromatic heterocycles. The maximum atomic E-state index is 11.9. The van der Waals surface area contributed by atoms with Crippen molar-refractivity contribution in [2.24, 2.45) is 0 Å². The lowest BCUT2D eigenvalue weighted by atomic mass is 10.0. The lowest BCUT2D eigenvalue weighted by molar-refractivity contribution is -0.148. The molecule has 1 aliphatic rings. The third kappa shape index (κ3) is 2.59. The van der Waals surface area contributed by atoms with Gasteiger partial charge in [-0.2, -0.15) is 0 Å². The van der Waals surface area contributed by atoms with Gasteiger partial charge in [0.25, 0.3) is 0 Å². The van der Waals surface area contributed by atoms with Crippen molar-refractivity contribution in [2.45, 2.75) is 39.3 Å². The minimum atomic E-state index is -0.266. The van der Waals surface area contributed by atoms with Gasteiger partial charge in [-0.1, -0.05) is 0 Å². The summed E-state index contributed by atoms with van der Waals surface area (Å²) in [4.78, 5) is 30.0. The summed E-state index contributed by atoms with van der Waals surface area (Å²) >= 11 is 1.64. The van der Waals surface area contributed by atoms with Crippen LogP contribution in [0.25, 0.3) is 0 Å². The second kappa shape index (κ2) is 5.16. The first-order valence-electron chi connectivity index (χ1n) is 5.95. The molecule has 1 unspecified atom stereocenters. The molecule has 1 saturated heterocycles. The standard InChI is InChI=1S/C12H17N3O2S/c1-7-8(2)18-10(14-7)6-13-9-4-5-11(16)15(3)12(9)17/h9,13H,4-6H2,1-3H3. The van der Waals surface area contributed by atoms with E-state index in [4.69, 9.17) is 0 Å². The molecule has 0 radical (unpaired) electrons. The molecule has 1 atom stereocenters. The number of aromatic nitrogens is 1. The Morgan fingerprint density at radius 1 is 1.44 bits per heavy atom. The number of nitrogens with one attached hydrogen (secondary N) is 1. The highest BCUT2D eigenvalue weighted by Gasteiger charge is 2.31. The maximum Gasteiger partial charge on any atom is 0.246 e. The number of carbonyl (C=O) groups excluding carboxylic acids is 2. The van der Waals surface area contributed by atoms with Crippen LogP contribution in [-0.2, 0) is 16.1 Å². The zero-order valence-electron chi connectivity index (χ0n) is 10.8. The summed E-state index contributed by atoms with van der Waals surface area (Å²) < 4.78 is 0. The van der Waals surface area contributed by atoms with E-state index in [-0.39, 0.29) is 17.9 Å². The van der Waals surface area contributed by atoms with Gasteiger partial charge in [0.2, 0.25) is 11.8 Å². The van der Waals surface area contributed by atoms with Crippen LogP contribution in [0.15, 0.2) is 0 Å². The van der Waals surface area contributed by atoms with E-state index in [2.05, 4.69) is 10.3 Å². The van der Waals surface area contributed by atoms with Crippen LogP contribution in [0, 0.1) is 13.8 Å².